The van der Waals surface area contributed by atoms with Crippen LogP contribution in [-0.2, 0) is 9.47 Å². The average molecular weight is 332 g/mol. The molecule has 1 fully saturated rings. The van der Waals surface area contributed by atoms with Crippen LogP contribution in [0.25, 0.3) is 0 Å². The summed E-state index contributed by atoms with van der Waals surface area (Å²) in [5, 5.41) is 2.71. The van der Waals surface area contributed by atoms with Crippen molar-refractivity contribution in [2.45, 2.75) is 25.7 Å². The minimum absolute atomic E-state index is 0.163. The van der Waals surface area contributed by atoms with E-state index in [4.69, 9.17) is 9.47 Å². The van der Waals surface area contributed by atoms with Crippen molar-refractivity contribution in [2.24, 2.45) is 0 Å². The summed E-state index contributed by atoms with van der Waals surface area (Å²) in [6.07, 6.45) is -0.189. The van der Waals surface area contributed by atoms with E-state index < -0.39 is 11.6 Å². The number of hydrogen-bond acceptors (Lipinski definition) is 3. The maximum Gasteiger partial charge on any atom is 0.252 e. The molecule has 0 radical (unpaired) electrons. The molecule has 1 amide bonds. The third-order valence-corrected chi connectivity index (χ3v) is 3.56. The molecule has 6 heteroatoms. The van der Waals surface area contributed by atoms with Crippen molar-refractivity contribution in [1.29, 1.82) is 0 Å². The minimum Gasteiger partial charge on any atom is -0.349 e. The van der Waals surface area contributed by atoms with E-state index in [1.807, 2.05) is 13.8 Å². The van der Waals surface area contributed by atoms with Crippen molar-refractivity contribution in [2.75, 3.05) is 13.2 Å². The summed E-state index contributed by atoms with van der Waals surface area (Å²) < 4.78 is 24.4. The van der Waals surface area contributed by atoms with Gasteiger partial charge in [0, 0.05) is 6.54 Å². The van der Waals surface area contributed by atoms with Crippen molar-refractivity contribution in [3.63, 3.8) is 0 Å². The molecule has 0 saturated carbocycles. The Hall–Kier alpha value is -0.980. The van der Waals surface area contributed by atoms with Crippen LogP contribution < -0.4 is 5.32 Å². The predicted molar refractivity (Wildman–Crippen MR) is 71.3 cm³/mol. The lowest BCUT2D eigenvalue weighted by Gasteiger charge is -2.17. The molecule has 0 bridgehead atoms. The van der Waals surface area contributed by atoms with E-state index in [2.05, 4.69) is 21.2 Å². The molecule has 2 rings (SSSR count). The van der Waals surface area contributed by atoms with E-state index in [9.17, 15) is 9.18 Å². The van der Waals surface area contributed by atoms with Crippen LogP contribution in [0.5, 0.6) is 0 Å². The normalized spacial score (nSPS) is 21.4. The highest BCUT2D eigenvalue weighted by Gasteiger charge is 2.32. The lowest BCUT2D eigenvalue weighted by molar-refractivity contribution is -0.137. The summed E-state index contributed by atoms with van der Waals surface area (Å²) in [5.41, 5.74) is 0.262. The molecule has 1 unspecified atom stereocenters. The first-order valence-corrected chi connectivity index (χ1v) is 6.72. The van der Waals surface area contributed by atoms with E-state index in [-0.39, 0.29) is 22.0 Å². The first kappa shape index (κ1) is 14.4. The Morgan fingerprint density at radius 2 is 2.32 bits per heavy atom. The summed E-state index contributed by atoms with van der Waals surface area (Å²) in [7, 11) is 0. The zero-order chi connectivity index (χ0) is 14.0. The van der Waals surface area contributed by atoms with Gasteiger partial charge < -0.3 is 14.8 Å². The molecule has 1 atom stereocenters. The van der Waals surface area contributed by atoms with E-state index >= 15 is 0 Å². The molecule has 0 aromatic heterocycles. The smallest absolute Gasteiger partial charge is 0.252 e. The van der Waals surface area contributed by atoms with Crippen molar-refractivity contribution in [3.05, 3.63) is 34.1 Å². The predicted octanol–water partition coefficient (Wildman–Crippen LogP) is 2.47. The Labute approximate surface area is 119 Å². The van der Waals surface area contributed by atoms with E-state index in [0.717, 1.165) is 0 Å². The van der Waals surface area contributed by atoms with Crippen molar-refractivity contribution < 1.29 is 18.7 Å². The van der Waals surface area contributed by atoms with Gasteiger partial charge in [0.2, 0.25) is 0 Å². The van der Waals surface area contributed by atoms with Gasteiger partial charge >= 0.3 is 0 Å². The standard InChI is InChI=1S/C13H15BrFNO3/c1-13(2)18-7-8(19-13)6-16-12(17)9-4-3-5-10(15)11(9)14/h3-5,8H,6-7H2,1-2H3,(H,16,17). The van der Waals surface area contributed by atoms with Crippen molar-refractivity contribution in [1.82, 2.24) is 5.32 Å². The van der Waals surface area contributed by atoms with Crippen molar-refractivity contribution in [3.8, 4) is 0 Å². The second kappa shape index (κ2) is 5.56. The minimum atomic E-state index is -0.616. The van der Waals surface area contributed by atoms with Gasteiger partial charge in [0.25, 0.3) is 5.91 Å². The van der Waals surface area contributed by atoms with Gasteiger partial charge in [0.15, 0.2) is 5.79 Å². The van der Waals surface area contributed by atoms with Gasteiger partial charge in [-0.1, -0.05) is 6.07 Å². The number of amides is 1. The quantitative estimate of drug-likeness (QED) is 0.925. The monoisotopic (exact) mass is 331 g/mol. The molecule has 1 aliphatic rings. The number of hydrogen-bond donors (Lipinski definition) is 1. The van der Waals surface area contributed by atoms with Gasteiger partial charge in [-0.15, -0.1) is 0 Å². The Bertz CT molecular complexity index is 493. The summed E-state index contributed by atoms with van der Waals surface area (Å²) in [6.45, 7) is 4.39. The second-order valence-electron chi connectivity index (χ2n) is 4.76. The SMILES string of the molecule is CC1(C)OCC(CNC(=O)c2cccc(F)c2Br)O1. The van der Waals surface area contributed by atoms with E-state index in [1.54, 1.807) is 6.07 Å². The summed E-state index contributed by atoms with van der Waals surface area (Å²) in [6, 6.07) is 4.34. The van der Waals surface area contributed by atoms with Gasteiger partial charge in [-0.05, 0) is 41.9 Å². The molecule has 1 aromatic rings. The maximum absolute atomic E-state index is 13.3. The van der Waals surface area contributed by atoms with Gasteiger partial charge in [0.1, 0.15) is 11.9 Å². The number of carbonyl (C=O) groups is 1. The molecule has 1 saturated heterocycles. The Morgan fingerprint density at radius 3 is 2.95 bits per heavy atom. The maximum atomic E-state index is 13.3. The second-order valence-corrected chi connectivity index (χ2v) is 5.56. The molecule has 4 nitrogen and oxygen atoms in total. The average Bonchev–Trinajstić information content (AvgIpc) is 2.69. The molecule has 0 aliphatic carbocycles. The summed E-state index contributed by atoms with van der Waals surface area (Å²) in [4.78, 5) is 11.9. The van der Waals surface area contributed by atoms with Crippen LogP contribution in [0.3, 0.4) is 0 Å². The number of ether oxygens (including phenoxy) is 2. The largest absolute Gasteiger partial charge is 0.349 e. The molecular weight excluding hydrogens is 317 g/mol. The zero-order valence-corrected chi connectivity index (χ0v) is 12.3. The lowest BCUT2D eigenvalue weighted by atomic mass is 10.2. The topological polar surface area (TPSA) is 47.6 Å². The summed E-state index contributed by atoms with van der Waals surface area (Å²) in [5.74, 6) is -1.43. The van der Waals surface area contributed by atoms with Crippen LogP contribution in [0.4, 0.5) is 4.39 Å². The fraction of sp³-hybridized carbons (Fsp3) is 0.462. The van der Waals surface area contributed by atoms with Crippen LogP contribution in [0.2, 0.25) is 0 Å². The Morgan fingerprint density at radius 1 is 1.58 bits per heavy atom. The highest BCUT2D eigenvalue weighted by Crippen LogP contribution is 2.22. The number of benzene rings is 1. The van der Waals surface area contributed by atoms with Gasteiger partial charge in [-0.25, -0.2) is 4.39 Å². The molecule has 1 aromatic carbocycles. The summed E-state index contributed by atoms with van der Waals surface area (Å²) >= 11 is 3.06. The molecule has 1 aliphatic heterocycles. The highest BCUT2D eigenvalue weighted by molar-refractivity contribution is 9.10. The first-order chi connectivity index (χ1) is 8.89. The zero-order valence-electron chi connectivity index (χ0n) is 10.7. The van der Waals surface area contributed by atoms with Crippen molar-refractivity contribution >= 4 is 21.8 Å². The van der Waals surface area contributed by atoms with E-state index in [0.29, 0.717) is 13.2 Å². The van der Waals surface area contributed by atoms with Gasteiger partial charge in [0.05, 0.1) is 16.6 Å². The molecule has 1 heterocycles. The van der Waals surface area contributed by atoms with Gasteiger partial charge in [-0.3, -0.25) is 4.79 Å². The van der Waals surface area contributed by atoms with Crippen LogP contribution >= 0.6 is 15.9 Å². The molecule has 19 heavy (non-hydrogen) atoms. The Balaban J connectivity index is 1.93. The molecular formula is C13H15BrFNO3. The third kappa shape index (κ3) is 3.52. The van der Waals surface area contributed by atoms with Crippen LogP contribution in [0, 0.1) is 5.82 Å². The van der Waals surface area contributed by atoms with E-state index in [1.165, 1.54) is 12.1 Å². The molecule has 0 spiro atoms. The molecule has 104 valence electrons. The number of rotatable bonds is 3. The first-order valence-electron chi connectivity index (χ1n) is 5.93. The number of halogens is 2. The van der Waals surface area contributed by atoms with Crippen LogP contribution in [-0.4, -0.2) is 30.9 Å². The highest BCUT2D eigenvalue weighted by atomic mass is 79.9. The fourth-order valence-corrected chi connectivity index (χ4v) is 2.29. The number of carbonyl (C=O) groups excluding carboxylic acids is 1. The van der Waals surface area contributed by atoms with Gasteiger partial charge in [-0.2, -0.15) is 0 Å². The fourth-order valence-electron chi connectivity index (χ4n) is 1.84. The Kier molecular flexibility index (Phi) is 4.23. The third-order valence-electron chi connectivity index (χ3n) is 2.75. The van der Waals surface area contributed by atoms with Crippen LogP contribution in [0.1, 0.15) is 24.2 Å². The van der Waals surface area contributed by atoms with Crippen LogP contribution in [0.15, 0.2) is 22.7 Å². The lowest BCUT2D eigenvalue weighted by Crippen LogP contribution is -2.34. The number of nitrogens with one attached hydrogen (secondary N) is 1. The molecule has 1 N–H and O–H groups in total.